The fourth-order valence-corrected chi connectivity index (χ4v) is 3.08. The normalized spacial score (nSPS) is 13.2. The van der Waals surface area contributed by atoms with Gasteiger partial charge in [0, 0.05) is 47.0 Å². The molecule has 0 heterocycles. The topological polar surface area (TPSA) is 55.9 Å². The number of amidine groups is 2. The fraction of sp³-hybridized carbons (Fsp3) is 0.474. The van der Waals surface area contributed by atoms with Crippen molar-refractivity contribution >= 4 is 59.6 Å². The van der Waals surface area contributed by atoms with E-state index in [0.717, 1.165) is 36.6 Å². The Morgan fingerprint density at radius 1 is 0.793 bits per heavy atom. The van der Waals surface area contributed by atoms with E-state index >= 15 is 0 Å². The van der Waals surface area contributed by atoms with Crippen LogP contribution in [0.2, 0.25) is 0 Å². The predicted molar refractivity (Wildman–Crippen MR) is 129 cm³/mol. The Bertz CT molecular complexity index is 739. The molecule has 0 fully saturated rings. The van der Waals surface area contributed by atoms with E-state index < -0.39 is 0 Å². The Hall–Kier alpha value is -1.19. The van der Waals surface area contributed by atoms with Crippen molar-refractivity contribution in [3.05, 3.63) is 29.8 Å². The molecule has 0 saturated carbocycles. The second-order valence-corrected chi connectivity index (χ2v) is 7.04. The summed E-state index contributed by atoms with van der Waals surface area (Å²) >= 11 is 15.0. The number of nitrogens with zero attached hydrogens (tertiary/aromatic N) is 6. The zero-order valence-electron chi connectivity index (χ0n) is 17.4. The Morgan fingerprint density at radius 2 is 1.21 bits per heavy atom. The van der Waals surface area contributed by atoms with Crippen LogP contribution in [0.3, 0.4) is 0 Å². The van der Waals surface area contributed by atoms with Gasteiger partial charge in [0.15, 0.2) is 0 Å². The molecule has 1 aromatic carbocycles. The minimum Gasteiger partial charge on any atom is -0.741 e. The molecule has 0 unspecified atom stereocenters. The zero-order valence-corrected chi connectivity index (χ0v) is 20.9. The molecular formula is C19H28CuN6S3. The van der Waals surface area contributed by atoms with Crippen LogP contribution in [0, 0.1) is 0 Å². The summed E-state index contributed by atoms with van der Waals surface area (Å²) in [4.78, 5) is 4.78. The van der Waals surface area contributed by atoms with Gasteiger partial charge in [0.25, 0.3) is 0 Å². The molecule has 0 atom stereocenters. The van der Waals surface area contributed by atoms with Crippen LogP contribution in [0.15, 0.2) is 49.6 Å². The first kappa shape index (κ1) is 27.8. The van der Waals surface area contributed by atoms with Crippen molar-refractivity contribution in [2.45, 2.75) is 39.5 Å². The molecular weight excluding hydrogens is 472 g/mol. The number of thiol groups is 1. The van der Waals surface area contributed by atoms with Crippen molar-refractivity contribution in [3.63, 3.8) is 0 Å². The third kappa shape index (κ3) is 9.00. The SMILES string of the molecule is CCN(CC)C([S-])=NN=C(C)C(=NN=C([S-])N(CC)CC)c1ccc(S)cc1.[Cu+2]. The van der Waals surface area contributed by atoms with E-state index in [4.69, 9.17) is 25.3 Å². The largest absolute Gasteiger partial charge is 2.00 e. The van der Waals surface area contributed by atoms with Crippen molar-refractivity contribution in [2.75, 3.05) is 26.2 Å². The standard InChI is InChI=1S/C19H30N6S3.Cu/c1-6-24(7-2)18(27)22-20-14(5)17(15-10-12-16(26)13-11-15)21-23-19(28)25(8-3)9-4;/h10-13,26H,6-9H2,1-5H3,(H,22,27)(H,23,28);/q;+2/p-2. The van der Waals surface area contributed by atoms with Crippen LogP contribution in [0.1, 0.15) is 40.2 Å². The monoisotopic (exact) mass is 499 g/mol. The van der Waals surface area contributed by atoms with Crippen LogP contribution >= 0.6 is 12.6 Å². The van der Waals surface area contributed by atoms with E-state index in [1.54, 1.807) is 0 Å². The number of hydrogen-bond donors (Lipinski definition) is 1. The molecule has 1 rings (SSSR count). The second kappa shape index (κ2) is 14.7. The second-order valence-electron chi connectivity index (χ2n) is 5.79. The van der Waals surface area contributed by atoms with Crippen LogP contribution < -0.4 is 0 Å². The van der Waals surface area contributed by atoms with Crippen LogP contribution in [0.25, 0.3) is 0 Å². The van der Waals surface area contributed by atoms with Gasteiger partial charge in [-0.3, -0.25) is 0 Å². The minimum absolute atomic E-state index is 0. The molecule has 0 aliphatic carbocycles. The zero-order chi connectivity index (χ0) is 21.1. The van der Waals surface area contributed by atoms with Crippen molar-refractivity contribution in [2.24, 2.45) is 20.4 Å². The van der Waals surface area contributed by atoms with Gasteiger partial charge in [0.05, 0.1) is 5.71 Å². The molecule has 0 aliphatic rings. The van der Waals surface area contributed by atoms with Crippen molar-refractivity contribution in [3.8, 4) is 0 Å². The molecule has 0 N–H and O–H groups in total. The Morgan fingerprint density at radius 3 is 1.62 bits per heavy atom. The third-order valence-corrected chi connectivity index (χ3v) is 5.05. The van der Waals surface area contributed by atoms with Gasteiger partial charge >= 0.3 is 17.1 Å². The summed E-state index contributed by atoms with van der Waals surface area (Å²) in [7, 11) is 0. The molecule has 0 amide bonds. The van der Waals surface area contributed by atoms with Crippen LogP contribution in [-0.4, -0.2) is 57.7 Å². The minimum atomic E-state index is 0. The third-order valence-electron chi connectivity index (χ3n) is 4.07. The van der Waals surface area contributed by atoms with Crippen LogP contribution in [0.4, 0.5) is 0 Å². The summed E-state index contributed by atoms with van der Waals surface area (Å²) in [6.45, 7) is 13.1. The maximum Gasteiger partial charge on any atom is 2.00 e. The Balaban J connectivity index is 0.00000784. The molecule has 1 radical (unpaired) electrons. The Labute approximate surface area is 201 Å². The summed E-state index contributed by atoms with van der Waals surface area (Å²) in [5.74, 6) is 0. The van der Waals surface area contributed by atoms with Crippen LogP contribution in [0.5, 0.6) is 0 Å². The van der Waals surface area contributed by atoms with Gasteiger partial charge in [0.1, 0.15) is 5.71 Å². The van der Waals surface area contributed by atoms with Gasteiger partial charge in [-0.2, -0.15) is 15.3 Å². The summed E-state index contributed by atoms with van der Waals surface area (Å²) in [6, 6.07) is 7.61. The van der Waals surface area contributed by atoms with Crippen LogP contribution in [-0.2, 0) is 42.3 Å². The molecule has 0 aliphatic heterocycles. The number of rotatable bonds is 8. The van der Waals surface area contributed by atoms with E-state index in [1.165, 1.54) is 0 Å². The van der Waals surface area contributed by atoms with E-state index in [9.17, 15) is 0 Å². The summed E-state index contributed by atoms with van der Waals surface area (Å²) in [5.41, 5.74) is 2.05. The molecule has 29 heavy (non-hydrogen) atoms. The molecule has 163 valence electrons. The number of benzene rings is 1. The van der Waals surface area contributed by atoms with Gasteiger partial charge in [-0.25, -0.2) is 0 Å². The van der Waals surface area contributed by atoms with Crippen molar-refractivity contribution < 1.29 is 17.1 Å². The van der Waals surface area contributed by atoms with Gasteiger partial charge in [-0.15, -0.1) is 17.7 Å². The van der Waals surface area contributed by atoms with Gasteiger partial charge in [-0.1, -0.05) is 12.1 Å². The average Bonchev–Trinajstić information content (AvgIpc) is 2.69. The van der Waals surface area contributed by atoms with Gasteiger partial charge in [0.2, 0.25) is 0 Å². The van der Waals surface area contributed by atoms with Gasteiger partial charge < -0.3 is 35.1 Å². The fourth-order valence-electron chi connectivity index (χ4n) is 2.33. The van der Waals surface area contributed by atoms with Crippen molar-refractivity contribution in [1.29, 1.82) is 0 Å². The van der Waals surface area contributed by atoms with Crippen molar-refractivity contribution in [1.82, 2.24) is 9.80 Å². The Kier molecular flexibility index (Phi) is 14.1. The number of hydrogen-bond acceptors (Lipinski definition) is 7. The molecule has 6 nitrogen and oxygen atoms in total. The quantitative estimate of drug-likeness (QED) is 0.148. The first-order chi connectivity index (χ1) is 13.4. The van der Waals surface area contributed by atoms with E-state index in [-0.39, 0.29) is 17.1 Å². The molecule has 0 spiro atoms. The first-order valence-corrected chi connectivity index (χ1v) is 10.6. The summed E-state index contributed by atoms with van der Waals surface area (Å²) in [5, 5.41) is 18.0. The van der Waals surface area contributed by atoms with E-state index in [2.05, 4.69) is 33.0 Å². The molecule has 10 heteroatoms. The molecule has 0 saturated heterocycles. The molecule has 0 aromatic heterocycles. The maximum atomic E-state index is 5.37. The maximum absolute atomic E-state index is 5.37. The summed E-state index contributed by atoms with van der Waals surface area (Å²) in [6.07, 6.45) is 0. The van der Waals surface area contributed by atoms with Gasteiger partial charge in [-0.05, 0) is 46.8 Å². The van der Waals surface area contributed by atoms with E-state index in [0.29, 0.717) is 21.8 Å². The first-order valence-electron chi connectivity index (χ1n) is 9.29. The molecule has 1 aromatic rings. The average molecular weight is 500 g/mol. The van der Waals surface area contributed by atoms with E-state index in [1.807, 2.05) is 68.7 Å². The summed E-state index contributed by atoms with van der Waals surface area (Å²) < 4.78 is 0. The molecule has 0 bridgehead atoms. The predicted octanol–water partition coefficient (Wildman–Crippen LogP) is 3.54. The smallest absolute Gasteiger partial charge is 0.741 e.